The standard InChI is InChI=1S/C27H30N6O2Si/c1-19-16-31(17-29-19)23-10-5-20(26-25(23)30-18-35-26)15-24-27-28-11-12-32(33(27)13-14-34-24)21-6-8-22(9-7-21)36(2,3)4/h5-10,15-18H,11-14H2,1-4H3/b24-15-. The number of benzene rings is 2. The van der Waals surface area contributed by atoms with Crippen LogP contribution < -0.4 is 10.2 Å². The number of imidazole rings is 1. The van der Waals surface area contributed by atoms with Gasteiger partial charge in [-0.15, -0.1) is 0 Å². The van der Waals surface area contributed by atoms with E-state index >= 15 is 0 Å². The summed E-state index contributed by atoms with van der Waals surface area (Å²) >= 11 is 0. The Morgan fingerprint density at radius 1 is 0.972 bits per heavy atom. The molecule has 0 aliphatic carbocycles. The van der Waals surface area contributed by atoms with E-state index in [1.807, 2.05) is 35.9 Å². The first-order valence-electron chi connectivity index (χ1n) is 12.3. The molecule has 0 amide bonds. The van der Waals surface area contributed by atoms with Crippen LogP contribution in [0.25, 0.3) is 22.9 Å². The fraction of sp³-hybridized carbons (Fsp3) is 0.296. The lowest BCUT2D eigenvalue weighted by Crippen LogP contribution is -2.55. The highest BCUT2D eigenvalue weighted by molar-refractivity contribution is 6.88. The maximum absolute atomic E-state index is 6.13. The van der Waals surface area contributed by atoms with Gasteiger partial charge >= 0.3 is 0 Å². The molecule has 4 heterocycles. The van der Waals surface area contributed by atoms with Crippen LogP contribution in [-0.2, 0) is 4.74 Å². The number of morpholine rings is 1. The molecule has 2 aromatic heterocycles. The Morgan fingerprint density at radius 2 is 1.81 bits per heavy atom. The molecule has 0 atom stereocenters. The van der Waals surface area contributed by atoms with Crippen molar-refractivity contribution in [3.05, 3.63) is 72.3 Å². The van der Waals surface area contributed by atoms with Gasteiger partial charge in [-0.1, -0.05) is 37.0 Å². The smallest absolute Gasteiger partial charge is 0.185 e. The summed E-state index contributed by atoms with van der Waals surface area (Å²) in [7, 11) is -1.34. The van der Waals surface area contributed by atoms with Crippen molar-refractivity contribution < 1.29 is 9.15 Å². The molecule has 184 valence electrons. The number of aryl methyl sites for hydroxylation is 1. The summed E-state index contributed by atoms with van der Waals surface area (Å²) in [5, 5.41) is 6.02. The van der Waals surface area contributed by atoms with Crippen LogP contribution in [0.2, 0.25) is 19.6 Å². The SMILES string of the molecule is Cc1cn(-c2ccc(/C=C3\OCCN4C3=NCCN4c3ccc([Si](C)(C)C)cc3)c3ocnc23)cn1. The zero-order valence-electron chi connectivity index (χ0n) is 21.1. The van der Waals surface area contributed by atoms with E-state index in [0.29, 0.717) is 18.7 Å². The molecular formula is C27H30N6O2Si. The second-order valence-electron chi connectivity index (χ2n) is 10.2. The van der Waals surface area contributed by atoms with Gasteiger partial charge in [0, 0.05) is 11.8 Å². The summed E-state index contributed by atoms with van der Waals surface area (Å²) in [4.78, 5) is 13.7. The van der Waals surface area contributed by atoms with Crippen molar-refractivity contribution in [3.8, 4) is 5.69 Å². The molecular weight excluding hydrogens is 468 g/mol. The topological polar surface area (TPSA) is 71.9 Å². The normalized spacial score (nSPS) is 17.3. The van der Waals surface area contributed by atoms with E-state index in [2.05, 4.69) is 63.9 Å². The number of anilines is 1. The summed E-state index contributed by atoms with van der Waals surface area (Å²) in [5.41, 5.74) is 5.45. The van der Waals surface area contributed by atoms with Crippen molar-refractivity contribution in [1.29, 1.82) is 0 Å². The predicted molar refractivity (Wildman–Crippen MR) is 146 cm³/mol. The zero-order chi connectivity index (χ0) is 24.9. The molecule has 9 heteroatoms. The third-order valence-electron chi connectivity index (χ3n) is 6.69. The van der Waals surface area contributed by atoms with Crippen LogP contribution >= 0.6 is 0 Å². The summed E-state index contributed by atoms with van der Waals surface area (Å²) in [6, 6.07) is 13.1. The fourth-order valence-electron chi connectivity index (χ4n) is 4.79. The van der Waals surface area contributed by atoms with E-state index in [0.717, 1.165) is 47.1 Å². The van der Waals surface area contributed by atoms with Gasteiger partial charge in [-0.3, -0.25) is 15.0 Å². The summed E-state index contributed by atoms with van der Waals surface area (Å²) < 4.78 is 13.9. The quantitative estimate of drug-likeness (QED) is 0.389. The number of aromatic nitrogens is 3. The van der Waals surface area contributed by atoms with Crippen LogP contribution in [0.1, 0.15) is 11.3 Å². The summed E-state index contributed by atoms with van der Waals surface area (Å²) in [6.07, 6.45) is 7.27. The van der Waals surface area contributed by atoms with Crippen LogP contribution in [0, 0.1) is 6.92 Å². The van der Waals surface area contributed by atoms with Gasteiger partial charge in [-0.2, -0.15) is 0 Å². The van der Waals surface area contributed by atoms with Crippen molar-refractivity contribution in [2.45, 2.75) is 26.6 Å². The van der Waals surface area contributed by atoms with Crippen molar-refractivity contribution in [3.63, 3.8) is 0 Å². The molecule has 2 aliphatic heterocycles. The highest BCUT2D eigenvalue weighted by Crippen LogP contribution is 2.29. The molecule has 0 N–H and O–H groups in total. The first-order chi connectivity index (χ1) is 17.4. The molecule has 4 aromatic rings. The van der Waals surface area contributed by atoms with Crippen molar-refractivity contribution in [2.24, 2.45) is 4.99 Å². The van der Waals surface area contributed by atoms with E-state index < -0.39 is 8.07 Å². The third kappa shape index (κ3) is 3.99. The number of amidine groups is 1. The largest absolute Gasteiger partial charge is 0.488 e. The first kappa shape index (κ1) is 22.6. The lowest BCUT2D eigenvalue weighted by molar-refractivity contribution is 0.160. The zero-order valence-corrected chi connectivity index (χ0v) is 22.1. The molecule has 2 aromatic carbocycles. The number of hydrogen-bond acceptors (Lipinski definition) is 7. The van der Waals surface area contributed by atoms with Crippen molar-refractivity contribution in [2.75, 3.05) is 31.3 Å². The Bertz CT molecular complexity index is 1480. The number of nitrogens with zero attached hydrogens (tertiary/aromatic N) is 6. The molecule has 0 radical (unpaired) electrons. The Hall–Kier alpha value is -3.85. The number of ether oxygens (including phenoxy) is 1. The van der Waals surface area contributed by atoms with Crippen LogP contribution in [0.15, 0.2) is 70.5 Å². The van der Waals surface area contributed by atoms with Gasteiger partial charge < -0.3 is 13.7 Å². The fourth-order valence-corrected chi connectivity index (χ4v) is 5.95. The number of hydrogen-bond donors (Lipinski definition) is 0. The van der Waals surface area contributed by atoms with Crippen molar-refractivity contribution in [1.82, 2.24) is 19.5 Å². The molecule has 0 spiro atoms. The Morgan fingerprint density at radius 3 is 2.56 bits per heavy atom. The second-order valence-corrected chi connectivity index (χ2v) is 15.3. The van der Waals surface area contributed by atoms with Crippen molar-refractivity contribution >= 4 is 42.0 Å². The number of hydrazine groups is 1. The lowest BCUT2D eigenvalue weighted by atomic mass is 10.1. The van der Waals surface area contributed by atoms with Crippen LogP contribution in [0.4, 0.5) is 5.69 Å². The summed E-state index contributed by atoms with van der Waals surface area (Å²) in [5.74, 6) is 1.59. The molecule has 36 heavy (non-hydrogen) atoms. The third-order valence-corrected chi connectivity index (χ3v) is 8.76. The predicted octanol–water partition coefficient (Wildman–Crippen LogP) is 4.37. The molecule has 1 fully saturated rings. The molecule has 8 nitrogen and oxygen atoms in total. The number of aliphatic imine (C=N–C) groups is 1. The van der Waals surface area contributed by atoms with Gasteiger partial charge in [-0.05, 0) is 37.3 Å². The lowest BCUT2D eigenvalue weighted by Gasteiger charge is -2.44. The van der Waals surface area contributed by atoms with Gasteiger partial charge in [-0.25, -0.2) is 9.97 Å². The molecule has 1 saturated heterocycles. The highest BCUT2D eigenvalue weighted by atomic mass is 28.3. The van der Waals surface area contributed by atoms with E-state index in [1.165, 1.54) is 17.3 Å². The van der Waals surface area contributed by atoms with Gasteiger partial charge in [0.2, 0.25) is 0 Å². The minimum atomic E-state index is -1.34. The molecule has 0 bridgehead atoms. The van der Waals surface area contributed by atoms with Crippen LogP contribution in [0.5, 0.6) is 0 Å². The maximum Gasteiger partial charge on any atom is 0.185 e. The number of oxazole rings is 1. The maximum atomic E-state index is 6.13. The van der Waals surface area contributed by atoms with Gasteiger partial charge in [0.25, 0.3) is 0 Å². The van der Waals surface area contributed by atoms with Crippen LogP contribution in [-0.4, -0.2) is 59.7 Å². The van der Waals surface area contributed by atoms with E-state index in [-0.39, 0.29) is 0 Å². The Labute approximate surface area is 211 Å². The Balaban J connectivity index is 1.33. The van der Waals surface area contributed by atoms with Crippen LogP contribution in [0.3, 0.4) is 0 Å². The average Bonchev–Trinajstić information content (AvgIpc) is 3.53. The van der Waals surface area contributed by atoms with Gasteiger partial charge in [0.05, 0.1) is 51.1 Å². The minimum absolute atomic E-state index is 0.584. The highest BCUT2D eigenvalue weighted by Gasteiger charge is 2.31. The number of rotatable bonds is 4. The molecule has 0 unspecified atom stereocenters. The van der Waals surface area contributed by atoms with E-state index in [9.17, 15) is 0 Å². The van der Waals surface area contributed by atoms with Gasteiger partial charge in [0.1, 0.15) is 12.1 Å². The first-order valence-corrected chi connectivity index (χ1v) is 15.8. The monoisotopic (exact) mass is 498 g/mol. The molecule has 0 saturated carbocycles. The number of fused-ring (bicyclic) bond motifs is 2. The van der Waals surface area contributed by atoms with E-state index in [4.69, 9.17) is 14.1 Å². The molecule has 6 rings (SSSR count). The average molecular weight is 499 g/mol. The van der Waals surface area contributed by atoms with Gasteiger partial charge in [0.15, 0.2) is 23.6 Å². The second kappa shape index (κ2) is 8.67. The van der Waals surface area contributed by atoms with E-state index in [1.54, 1.807) is 6.33 Å². The Kier molecular flexibility index (Phi) is 5.44. The molecule has 2 aliphatic rings. The minimum Gasteiger partial charge on any atom is -0.488 e. The summed E-state index contributed by atoms with van der Waals surface area (Å²) in [6.45, 7) is 12.0.